The molecule has 1 amide bonds. The van der Waals surface area contributed by atoms with E-state index in [-0.39, 0.29) is 12.2 Å². The first-order chi connectivity index (χ1) is 9.70. The highest BCUT2D eigenvalue weighted by molar-refractivity contribution is 5.68. The second-order valence-corrected chi connectivity index (χ2v) is 5.36. The second-order valence-electron chi connectivity index (χ2n) is 5.36. The SMILES string of the molecule is Cc1c(C#CCNC(=O)OC(C)(C)C)cccc1[N+](=O)[O-]. The maximum atomic E-state index is 11.4. The quantitative estimate of drug-likeness (QED) is 0.516. The molecule has 0 unspecified atom stereocenters. The Labute approximate surface area is 123 Å². The minimum absolute atomic E-state index is 0.0295. The number of nitro benzene ring substituents is 1. The zero-order valence-electron chi connectivity index (χ0n) is 12.5. The number of carbonyl (C=O) groups is 1. The van der Waals surface area contributed by atoms with Gasteiger partial charge in [-0.25, -0.2) is 4.79 Å². The fourth-order valence-electron chi connectivity index (χ4n) is 1.53. The number of carbonyl (C=O) groups excluding carboxylic acids is 1. The lowest BCUT2D eigenvalue weighted by molar-refractivity contribution is -0.385. The van der Waals surface area contributed by atoms with Crippen LogP contribution in [0.4, 0.5) is 10.5 Å². The molecule has 0 aliphatic heterocycles. The molecule has 0 fully saturated rings. The average Bonchev–Trinajstić information content (AvgIpc) is 2.33. The van der Waals surface area contributed by atoms with Gasteiger partial charge in [-0.15, -0.1) is 0 Å². The minimum atomic E-state index is -0.561. The van der Waals surface area contributed by atoms with Gasteiger partial charge in [-0.1, -0.05) is 17.9 Å². The van der Waals surface area contributed by atoms with Gasteiger partial charge in [-0.05, 0) is 33.8 Å². The number of benzene rings is 1. The average molecular weight is 290 g/mol. The van der Waals surface area contributed by atoms with Crippen LogP contribution < -0.4 is 5.32 Å². The molecule has 1 aromatic rings. The summed E-state index contributed by atoms with van der Waals surface area (Å²) < 4.78 is 5.06. The second kappa shape index (κ2) is 6.75. The summed E-state index contributed by atoms with van der Waals surface area (Å²) in [4.78, 5) is 21.8. The van der Waals surface area contributed by atoms with Crippen molar-refractivity contribution >= 4 is 11.8 Å². The van der Waals surface area contributed by atoms with Gasteiger partial charge >= 0.3 is 6.09 Å². The summed E-state index contributed by atoms with van der Waals surface area (Å²) in [5.74, 6) is 5.54. The zero-order chi connectivity index (χ0) is 16.0. The molecule has 0 saturated heterocycles. The molecule has 6 heteroatoms. The van der Waals surface area contributed by atoms with Crippen LogP contribution in [0.2, 0.25) is 0 Å². The van der Waals surface area contributed by atoms with Gasteiger partial charge < -0.3 is 10.1 Å². The molecule has 0 saturated carbocycles. The van der Waals surface area contributed by atoms with Gasteiger partial charge in [-0.2, -0.15) is 0 Å². The predicted octanol–water partition coefficient (Wildman–Crippen LogP) is 2.78. The highest BCUT2D eigenvalue weighted by Gasteiger charge is 2.15. The maximum Gasteiger partial charge on any atom is 0.408 e. The summed E-state index contributed by atoms with van der Waals surface area (Å²) in [6, 6.07) is 4.71. The molecular weight excluding hydrogens is 272 g/mol. The van der Waals surface area contributed by atoms with Gasteiger partial charge in [0.15, 0.2) is 0 Å². The number of nitro groups is 1. The third-order valence-corrected chi connectivity index (χ3v) is 2.44. The normalized spacial score (nSPS) is 10.3. The molecule has 6 nitrogen and oxygen atoms in total. The standard InChI is InChI=1S/C15H18N2O4/c1-11-12(7-5-9-13(11)17(19)20)8-6-10-16-14(18)21-15(2,3)4/h5,7,9H,10H2,1-4H3,(H,16,18). The van der Waals surface area contributed by atoms with Crippen molar-refractivity contribution in [1.29, 1.82) is 0 Å². The highest BCUT2D eigenvalue weighted by Crippen LogP contribution is 2.20. The molecule has 0 radical (unpaired) electrons. The van der Waals surface area contributed by atoms with Crippen LogP contribution in [0, 0.1) is 28.9 Å². The number of rotatable bonds is 2. The van der Waals surface area contributed by atoms with Crippen molar-refractivity contribution in [2.45, 2.75) is 33.3 Å². The van der Waals surface area contributed by atoms with E-state index < -0.39 is 16.6 Å². The predicted molar refractivity (Wildman–Crippen MR) is 78.9 cm³/mol. The lowest BCUT2D eigenvalue weighted by Gasteiger charge is -2.19. The van der Waals surface area contributed by atoms with Gasteiger partial charge in [0, 0.05) is 17.2 Å². The molecule has 1 aromatic carbocycles. The first kappa shape index (κ1) is 16.5. The van der Waals surface area contributed by atoms with Crippen molar-refractivity contribution < 1.29 is 14.5 Å². The Morgan fingerprint density at radius 1 is 1.43 bits per heavy atom. The van der Waals surface area contributed by atoms with E-state index in [4.69, 9.17) is 4.74 Å². The third kappa shape index (κ3) is 5.53. The van der Waals surface area contributed by atoms with Crippen molar-refractivity contribution in [2.75, 3.05) is 6.54 Å². The number of hydrogen-bond acceptors (Lipinski definition) is 4. The Balaban J connectivity index is 2.66. The van der Waals surface area contributed by atoms with Crippen LogP contribution in [0.15, 0.2) is 18.2 Å². The van der Waals surface area contributed by atoms with E-state index in [0.29, 0.717) is 11.1 Å². The first-order valence-electron chi connectivity index (χ1n) is 6.40. The fraction of sp³-hybridized carbons (Fsp3) is 0.400. The monoisotopic (exact) mass is 290 g/mol. The summed E-state index contributed by atoms with van der Waals surface area (Å²) in [5, 5.41) is 13.3. The zero-order valence-corrected chi connectivity index (χ0v) is 12.5. The fourth-order valence-corrected chi connectivity index (χ4v) is 1.53. The van der Waals surface area contributed by atoms with E-state index >= 15 is 0 Å². The molecule has 21 heavy (non-hydrogen) atoms. The topological polar surface area (TPSA) is 81.5 Å². The molecule has 0 atom stereocenters. The van der Waals surface area contributed by atoms with Crippen molar-refractivity contribution in [3.63, 3.8) is 0 Å². The van der Waals surface area contributed by atoms with Gasteiger partial charge in [0.05, 0.1) is 11.5 Å². The summed E-state index contributed by atoms with van der Waals surface area (Å²) in [6.07, 6.45) is -0.549. The molecule has 0 aliphatic rings. The lowest BCUT2D eigenvalue weighted by Crippen LogP contribution is -2.32. The third-order valence-electron chi connectivity index (χ3n) is 2.44. The molecule has 0 heterocycles. The Hall–Kier alpha value is -2.55. The number of nitrogens with one attached hydrogen (secondary N) is 1. The number of hydrogen-bond donors (Lipinski definition) is 1. The van der Waals surface area contributed by atoms with Crippen LogP contribution in [0.1, 0.15) is 31.9 Å². The van der Waals surface area contributed by atoms with Crippen LogP contribution in [0.25, 0.3) is 0 Å². The van der Waals surface area contributed by atoms with Crippen LogP contribution in [0.3, 0.4) is 0 Å². The van der Waals surface area contributed by atoms with Crippen molar-refractivity contribution in [1.82, 2.24) is 5.32 Å². The van der Waals surface area contributed by atoms with Gasteiger partial charge in [0.1, 0.15) is 5.60 Å². The van der Waals surface area contributed by atoms with E-state index in [9.17, 15) is 14.9 Å². The molecule has 0 spiro atoms. The summed E-state index contributed by atoms with van der Waals surface area (Å²) in [7, 11) is 0. The van der Waals surface area contributed by atoms with E-state index in [0.717, 1.165) is 0 Å². The molecule has 1 N–H and O–H groups in total. The van der Waals surface area contributed by atoms with Crippen LogP contribution in [-0.2, 0) is 4.74 Å². The summed E-state index contributed by atoms with van der Waals surface area (Å²) in [6.45, 7) is 7.06. The largest absolute Gasteiger partial charge is 0.444 e. The smallest absolute Gasteiger partial charge is 0.408 e. The van der Waals surface area contributed by atoms with Crippen LogP contribution in [0.5, 0.6) is 0 Å². The molecule has 1 rings (SSSR count). The number of alkyl carbamates (subject to hydrolysis) is 1. The molecule has 0 bridgehead atoms. The van der Waals surface area contributed by atoms with E-state index in [1.165, 1.54) is 6.07 Å². The van der Waals surface area contributed by atoms with Crippen LogP contribution in [-0.4, -0.2) is 23.2 Å². The van der Waals surface area contributed by atoms with Gasteiger partial charge in [-0.3, -0.25) is 10.1 Å². The number of ether oxygens (including phenoxy) is 1. The lowest BCUT2D eigenvalue weighted by atomic mass is 10.1. The highest BCUT2D eigenvalue weighted by atomic mass is 16.6. The molecular formula is C15H18N2O4. The van der Waals surface area contributed by atoms with E-state index in [1.807, 2.05) is 0 Å². The molecule has 112 valence electrons. The Kier molecular flexibility index (Phi) is 5.30. The summed E-state index contributed by atoms with van der Waals surface area (Å²) in [5.41, 5.74) is 0.540. The molecule has 0 aliphatic carbocycles. The Bertz CT molecular complexity index is 606. The Morgan fingerprint density at radius 3 is 2.67 bits per heavy atom. The van der Waals surface area contributed by atoms with Crippen molar-refractivity contribution in [3.8, 4) is 11.8 Å². The van der Waals surface area contributed by atoms with Crippen molar-refractivity contribution in [3.05, 3.63) is 39.4 Å². The maximum absolute atomic E-state index is 11.4. The van der Waals surface area contributed by atoms with Gasteiger partial charge in [0.25, 0.3) is 5.69 Å². The van der Waals surface area contributed by atoms with Crippen molar-refractivity contribution in [2.24, 2.45) is 0 Å². The Morgan fingerprint density at radius 2 is 2.10 bits per heavy atom. The van der Waals surface area contributed by atoms with Gasteiger partial charge in [0.2, 0.25) is 0 Å². The first-order valence-corrected chi connectivity index (χ1v) is 6.40. The minimum Gasteiger partial charge on any atom is -0.444 e. The van der Waals surface area contributed by atoms with Crippen LogP contribution >= 0.6 is 0 Å². The van der Waals surface area contributed by atoms with E-state index in [1.54, 1.807) is 39.8 Å². The number of nitrogens with zero attached hydrogens (tertiary/aromatic N) is 1. The van der Waals surface area contributed by atoms with E-state index in [2.05, 4.69) is 17.2 Å². The number of amides is 1. The summed E-state index contributed by atoms with van der Waals surface area (Å²) >= 11 is 0. The molecule has 0 aromatic heterocycles.